The first-order chi connectivity index (χ1) is 11.6. The second kappa shape index (κ2) is 11.1. The molecule has 1 fully saturated rings. The number of benzene rings is 1. The fourth-order valence-corrected chi connectivity index (χ4v) is 2.70. The van der Waals surface area contributed by atoms with E-state index in [1.807, 2.05) is 6.92 Å². The zero-order chi connectivity index (χ0) is 17.4. The Labute approximate surface area is 156 Å². The van der Waals surface area contributed by atoms with Gasteiger partial charge in [0.15, 0.2) is 0 Å². The van der Waals surface area contributed by atoms with E-state index in [2.05, 4.69) is 15.5 Å². The Balaban J connectivity index is 0.00000312. The van der Waals surface area contributed by atoms with Gasteiger partial charge in [0.05, 0.1) is 0 Å². The van der Waals surface area contributed by atoms with Crippen molar-refractivity contribution in [2.24, 2.45) is 0 Å². The standard InChI is InChI=1S/C18H28N4O2.ClH/c1-3-21(2)18(24)16-7-4-6-15(14-16)17(23)20-8-5-11-22-12-9-19-10-13-22;/h4,6-7,14,19H,3,5,8-13H2,1-2H3,(H,20,23);1H. The van der Waals surface area contributed by atoms with Crippen LogP contribution in [0.4, 0.5) is 0 Å². The van der Waals surface area contributed by atoms with Crippen molar-refractivity contribution >= 4 is 24.2 Å². The molecule has 0 radical (unpaired) electrons. The summed E-state index contributed by atoms with van der Waals surface area (Å²) in [6.07, 6.45) is 0.933. The lowest BCUT2D eigenvalue weighted by Gasteiger charge is -2.27. The van der Waals surface area contributed by atoms with E-state index in [-0.39, 0.29) is 24.2 Å². The van der Waals surface area contributed by atoms with Crippen LogP contribution in [0, 0.1) is 0 Å². The molecule has 1 saturated heterocycles. The normalized spacial score (nSPS) is 14.5. The van der Waals surface area contributed by atoms with Gasteiger partial charge in [-0.05, 0) is 38.1 Å². The number of amides is 2. The number of nitrogens with zero attached hydrogens (tertiary/aromatic N) is 2. The molecule has 25 heavy (non-hydrogen) atoms. The van der Waals surface area contributed by atoms with Crippen molar-refractivity contribution in [3.8, 4) is 0 Å². The summed E-state index contributed by atoms with van der Waals surface area (Å²) in [5.74, 6) is -0.185. The van der Waals surface area contributed by atoms with Gasteiger partial charge in [-0.25, -0.2) is 0 Å². The second-order valence-electron chi connectivity index (χ2n) is 6.10. The highest BCUT2D eigenvalue weighted by Crippen LogP contribution is 2.08. The minimum atomic E-state index is -0.121. The molecular formula is C18H29ClN4O2. The molecule has 0 aromatic heterocycles. The van der Waals surface area contributed by atoms with Gasteiger partial charge in [-0.15, -0.1) is 12.4 Å². The van der Waals surface area contributed by atoms with E-state index >= 15 is 0 Å². The molecule has 6 nitrogen and oxygen atoms in total. The van der Waals surface area contributed by atoms with Crippen LogP contribution in [0.5, 0.6) is 0 Å². The van der Waals surface area contributed by atoms with E-state index < -0.39 is 0 Å². The third-order valence-corrected chi connectivity index (χ3v) is 4.34. The first-order valence-electron chi connectivity index (χ1n) is 8.68. The zero-order valence-corrected chi connectivity index (χ0v) is 15.9. The number of nitrogens with one attached hydrogen (secondary N) is 2. The van der Waals surface area contributed by atoms with Crippen LogP contribution < -0.4 is 10.6 Å². The maximum absolute atomic E-state index is 12.3. The highest BCUT2D eigenvalue weighted by atomic mass is 35.5. The van der Waals surface area contributed by atoms with Gasteiger partial charge in [0.1, 0.15) is 0 Å². The van der Waals surface area contributed by atoms with Crippen LogP contribution >= 0.6 is 12.4 Å². The predicted molar refractivity (Wildman–Crippen MR) is 103 cm³/mol. The molecule has 0 spiro atoms. The highest BCUT2D eigenvalue weighted by Gasteiger charge is 2.13. The van der Waals surface area contributed by atoms with Gasteiger partial charge < -0.3 is 20.4 Å². The molecule has 7 heteroatoms. The Bertz CT molecular complexity index is 562. The Hall–Kier alpha value is -1.63. The number of hydrogen-bond acceptors (Lipinski definition) is 4. The maximum Gasteiger partial charge on any atom is 0.253 e. The quantitative estimate of drug-likeness (QED) is 0.710. The number of rotatable bonds is 7. The van der Waals surface area contributed by atoms with E-state index in [1.54, 1.807) is 36.2 Å². The van der Waals surface area contributed by atoms with E-state index in [4.69, 9.17) is 0 Å². The van der Waals surface area contributed by atoms with Gasteiger partial charge in [-0.3, -0.25) is 9.59 Å². The third-order valence-electron chi connectivity index (χ3n) is 4.34. The molecule has 1 aliphatic heterocycles. The molecule has 0 saturated carbocycles. The molecule has 2 N–H and O–H groups in total. The third kappa shape index (κ3) is 6.65. The second-order valence-corrected chi connectivity index (χ2v) is 6.10. The maximum atomic E-state index is 12.3. The summed E-state index contributed by atoms with van der Waals surface area (Å²) in [7, 11) is 1.76. The molecule has 0 bridgehead atoms. The largest absolute Gasteiger partial charge is 0.352 e. The molecule has 1 aromatic rings. The van der Waals surface area contributed by atoms with Crippen molar-refractivity contribution in [2.45, 2.75) is 13.3 Å². The van der Waals surface area contributed by atoms with Crippen LogP contribution in [0.15, 0.2) is 24.3 Å². The first-order valence-corrected chi connectivity index (χ1v) is 8.68. The van der Waals surface area contributed by atoms with Crippen LogP contribution in [0.25, 0.3) is 0 Å². The number of hydrogen-bond donors (Lipinski definition) is 2. The lowest BCUT2D eigenvalue weighted by molar-refractivity contribution is 0.0802. The van der Waals surface area contributed by atoms with Gasteiger partial charge in [0.25, 0.3) is 11.8 Å². The average Bonchev–Trinajstić information content (AvgIpc) is 2.64. The SMILES string of the molecule is CCN(C)C(=O)c1cccc(C(=O)NCCCN2CCNCC2)c1.Cl. The molecule has 140 valence electrons. The van der Waals surface area contributed by atoms with Crippen molar-refractivity contribution < 1.29 is 9.59 Å². The molecule has 1 aromatic carbocycles. The van der Waals surface area contributed by atoms with Crippen molar-refractivity contribution in [1.29, 1.82) is 0 Å². The molecule has 1 heterocycles. The molecule has 2 rings (SSSR count). The lowest BCUT2D eigenvalue weighted by atomic mass is 10.1. The summed E-state index contributed by atoms with van der Waals surface area (Å²) < 4.78 is 0. The highest BCUT2D eigenvalue weighted by molar-refractivity contribution is 5.99. The smallest absolute Gasteiger partial charge is 0.253 e. The van der Waals surface area contributed by atoms with E-state index in [0.29, 0.717) is 24.2 Å². The summed E-state index contributed by atoms with van der Waals surface area (Å²) in [6, 6.07) is 6.91. The Morgan fingerprint density at radius 3 is 2.60 bits per heavy atom. The van der Waals surface area contributed by atoms with Gasteiger partial charge in [-0.1, -0.05) is 6.07 Å². The molecule has 0 unspecified atom stereocenters. The van der Waals surface area contributed by atoms with Crippen molar-refractivity contribution in [3.63, 3.8) is 0 Å². The monoisotopic (exact) mass is 368 g/mol. The number of halogens is 1. The Morgan fingerprint density at radius 1 is 1.24 bits per heavy atom. The summed E-state index contributed by atoms with van der Waals surface area (Å²) in [4.78, 5) is 28.5. The first kappa shape index (κ1) is 21.4. The van der Waals surface area contributed by atoms with E-state index in [0.717, 1.165) is 39.1 Å². The molecule has 0 atom stereocenters. The molecular weight excluding hydrogens is 340 g/mol. The molecule has 1 aliphatic rings. The number of carbonyl (C=O) groups excluding carboxylic acids is 2. The average molecular weight is 369 g/mol. The minimum Gasteiger partial charge on any atom is -0.352 e. The van der Waals surface area contributed by atoms with Crippen molar-refractivity contribution in [2.75, 3.05) is 52.9 Å². The van der Waals surface area contributed by atoms with Crippen LogP contribution in [0.2, 0.25) is 0 Å². The van der Waals surface area contributed by atoms with Gasteiger partial charge in [0, 0.05) is 57.4 Å². The van der Waals surface area contributed by atoms with Crippen LogP contribution in [-0.4, -0.2) is 74.5 Å². The lowest BCUT2D eigenvalue weighted by Crippen LogP contribution is -2.44. The number of carbonyl (C=O) groups is 2. The van der Waals surface area contributed by atoms with Gasteiger partial charge >= 0.3 is 0 Å². The minimum absolute atomic E-state index is 0. The van der Waals surface area contributed by atoms with Gasteiger partial charge in [0.2, 0.25) is 0 Å². The zero-order valence-electron chi connectivity index (χ0n) is 15.1. The Morgan fingerprint density at radius 2 is 1.92 bits per heavy atom. The van der Waals surface area contributed by atoms with Crippen molar-refractivity contribution in [3.05, 3.63) is 35.4 Å². The molecule has 0 aliphatic carbocycles. The van der Waals surface area contributed by atoms with Crippen molar-refractivity contribution in [1.82, 2.24) is 20.4 Å². The van der Waals surface area contributed by atoms with E-state index in [1.165, 1.54) is 0 Å². The fourth-order valence-electron chi connectivity index (χ4n) is 2.70. The summed E-state index contributed by atoms with van der Waals surface area (Å²) in [6.45, 7) is 8.44. The van der Waals surface area contributed by atoms with E-state index in [9.17, 15) is 9.59 Å². The van der Waals surface area contributed by atoms with Crippen LogP contribution in [0.1, 0.15) is 34.1 Å². The van der Waals surface area contributed by atoms with Crippen LogP contribution in [-0.2, 0) is 0 Å². The number of piperazine rings is 1. The van der Waals surface area contributed by atoms with Gasteiger partial charge in [-0.2, -0.15) is 0 Å². The fraction of sp³-hybridized carbons (Fsp3) is 0.556. The Kier molecular flexibility index (Phi) is 9.49. The summed E-state index contributed by atoms with van der Waals surface area (Å²) in [5.41, 5.74) is 1.08. The summed E-state index contributed by atoms with van der Waals surface area (Å²) in [5, 5.41) is 6.27. The predicted octanol–water partition coefficient (Wildman–Crippen LogP) is 1.23. The topological polar surface area (TPSA) is 64.7 Å². The summed E-state index contributed by atoms with van der Waals surface area (Å²) >= 11 is 0. The van der Waals surface area contributed by atoms with Crippen LogP contribution in [0.3, 0.4) is 0 Å². The molecule has 2 amide bonds.